The first-order valence-corrected chi connectivity index (χ1v) is 6.53. The number of hydrogen-bond donors (Lipinski definition) is 0. The van der Waals surface area contributed by atoms with Crippen LogP contribution >= 0.6 is 15.9 Å². The Morgan fingerprint density at radius 1 is 1.47 bits per heavy atom. The van der Waals surface area contributed by atoms with E-state index >= 15 is 0 Å². The zero-order chi connectivity index (χ0) is 12.4. The van der Waals surface area contributed by atoms with Crippen molar-refractivity contribution in [3.63, 3.8) is 0 Å². The van der Waals surface area contributed by atoms with E-state index < -0.39 is 0 Å². The van der Waals surface area contributed by atoms with E-state index in [0.717, 1.165) is 15.6 Å². The van der Waals surface area contributed by atoms with Crippen molar-refractivity contribution in [2.24, 2.45) is 0 Å². The molecular formula is C13H16BrNO2. The van der Waals surface area contributed by atoms with E-state index in [9.17, 15) is 4.79 Å². The highest BCUT2D eigenvalue weighted by atomic mass is 79.9. The molecule has 2 rings (SSSR count). The number of halogens is 1. The molecule has 17 heavy (non-hydrogen) atoms. The number of rotatable bonds is 1. The van der Waals surface area contributed by atoms with Crippen LogP contribution in [0.25, 0.3) is 0 Å². The van der Waals surface area contributed by atoms with Gasteiger partial charge in [0.2, 0.25) is 0 Å². The van der Waals surface area contributed by atoms with Gasteiger partial charge < -0.3 is 9.64 Å². The third kappa shape index (κ3) is 2.87. The lowest BCUT2D eigenvalue weighted by Crippen LogP contribution is -2.47. The number of ether oxygens (including phenoxy) is 1. The van der Waals surface area contributed by atoms with Crippen LogP contribution in [-0.2, 0) is 4.74 Å². The lowest BCUT2D eigenvalue weighted by molar-refractivity contribution is 0.00358. The van der Waals surface area contributed by atoms with Gasteiger partial charge in [-0.15, -0.1) is 0 Å². The first-order chi connectivity index (χ1) is 8.08. The summed E-state index contributed by atoms with van der Waals surface area (Å²) in [5, 5.41) is 0. The van der Waals surface area contributed by atoms with E-state index in [2.05, 4.69) is 15.9 Å². The molecule has 1 aromatic carbocycles. The molecule has 0 radical (unpaired) electrons. The molecule has 1 aliphatic rings. The van der Waals surface area contributed by atoms with Crippen molar-refractivity contribution < 1.29 is 9.53 Å². The summed E-state index contributed by atoms with van der Waals surface area (Å²) in [6, 6.07) is 5.95. The molecule has 1 atom stereocenters. The van der Waals surface area contributed by atoms with Crippen molar-refractivity contribution in [3.05, 3.63) is 33.8 Å². The van der Waals surface area contributed by atoms with Crippen LogP contribution in [0, 0.1) is 6.92 Å². The van der Waals surface area contributed by atoms with Crippen molar-refractivity contribution in [3.8, 4) is 0 Å². The maximum absolute atomic E-state index is 12.4. The normalized spacial score (nSPS) is 20.4. The predicted octanol–water partition coefficient (Wildman–Crippen LogP) is 2.62. The highest BCUT2D eigenvalue weighted by Crippen LogP contribution is 2.18. The molecule has 1 aliphatic heterocycles. The van der Waals surface area contributed by atoms with E-state index in [4.69, 9.17) is 4.74 Å². The van der Waals surface area contributed by atoms with Crippen LogP contribution in [0.4, 0.5) is 0 Å². The van der Waals surface area contributed by atoms with Crippen LogP contribution < -0.4 is 0 Å². The fourth-order valence-corrected chi connectivity index (χ4v) is 2.66. The lowest BCUT2D eigenvalue weighted by atomic mass is 10.1. The molecule has 0 aliphatic carbocycles. The molecule has 3 nitrogen and oxygen atoms in total. The van der Waals surface area contributed by atoms with Crippen molar-refractivity contribution in [2.75, 3.05) is 19.8 Å². The zero-order valence-corrected chi connectivity index (χ0v) is 11.7. The predicted molar refractivity (Wildman–Crippen MR) is 70.2 cm³/mol. The molecular weight excluding hydrogens is 282 g/mol. The summed E-state index contributed by atoms with van der Waals surface area (Å²) in [6.07, 6.45) is 0. The largest absolute Gasteiger partial charge is 0.377 e. The smallest absolute Gasteiger partial charge is 0.254 e. The molecule has 1 fully saturated rings. The van der Waals surface area contributed by atoms with E-state index in [-0.39, 0.29) is 11.9 Å². The van der Waals surface area contributed by atoms with E-state index in [1.165, 1.54) is 0 Å². The Morgan fingerprint density at radius 2 is 2.24 bits per heavy atom. The average molecular weight is 298 g/mol. The van der Waals surface area contributed by atoms with Gasteiger partial charge in [0, 0.05) is 16.6 Å². The standard InChI is InChI=1S/C13H16BrNO2/c1-9-5-11(7-12(14)6-9)13(16)15-3-4-17-8-10(15)2/h5-7,10H,3-4,8H2,1-2H3/t10-/m1/s1. The van der Waals surface area contributed by atoms with Crippen molar-refractivity contribution >= 4 is 21.8 Å². The van der Waals surface area contributed by atoms with Gasteiger partial charge in [-0.3, -0.25) is 4.79 Å². The molecule has 0 saturated carbocycles. The third-order valence-electron chi connectivity index (χ3n) is 2.92. The fourth-order valence-electron chi connectivity index (χ4n) is 2.05. The SMILES string of the molecule is Cc1cc(Br)cc(C(=O)N2CCOC[C@H]2C)c1. The minimum Gasteiger partial charge on any atom is -0.377 e. The van der Waals surface area contributed by atoms with Gasteiger partial charge in [0.15, 0.2) is 0 Å². The van der Waals surface area contributed by atoms with E-state index in [1.54, 1.807) is 0 Å². The maximum atomic E-state index is 12.4. The fraction of sp³-hybridized carbons (Fsp3) is 0.462. The summed E-state index contributed by atoms with van der Waals surface area (Å²) in [6.45, 7) is 5.93. The minimum absolute atomic E-state index is 0.0881. The van der Waals surface area contributed by atoms with Gasteiger partial charge in [0.1, 0.15) is 0 Å². The third-order valence-corrected chi connectivity index (χ3v) is 3.38. The summed E-state index contributed by atoms with van der Waals surface area (Å²) < 4.78 is 6.29. The van der Waals surface area contributed by atoms with Gasteiger partial charge in [-0.2, -0.15) is 0 Å². The number of carbonyl (C=O) groups is 1. The number of morpholine rings is 1. The molecule has 1 heterocycles. The highest BCUT2D eigenvalue weighted by Gasteiger charge is 2.24. The second-order valence-corrected chi connectivity index (χ2v) is 5.36. The van der Waals surface area contributed by atoms with Crippen LogP contribution in [0.1, 0.15) is 22.8 Å². The van der Waals surface area contributed by atoms with Gasteiger partial charge in [-0.25, -0.2) is 0 Å². The van der Waals surface area contributed by atoms with E-state index in [0.29, 0.717) is 19.8 Å². The Hall–Kier alpha value is -0.870. The van der Waals surface area contributed by atoms with Crippen LogP contribution in [0.3, 0.4) is 0 Å². The van der Waals surface area contributed by atoms with Crippen LogP contribution in [-0.4, -0.2) is 36.6 Å². The lowest BCUT2D eigenvalue weighted by Gasteiger charge is -2.33. The maximum Gasteiger partial charge on any atom is 0.254 e. The monoisotopic (exact) mass is 297 g/mol. The van der Waals surface area contributed by atoms with Crippen LogP contribution in [0.5, 0.6) is 0 Å². The van der Waals surface area contributed by atoms with Gasteiger partial charge in [0.25, 0.3) is 5.91 Å². The molecule has 0 N–H and O–H groups in total. The Morgan fingerprint density at radius 3 is 2.88 bits per heavy atom. The Bertz CT molecular complexity index is 413. The van der Waals surface area contributed by atoms with Gasteiger partial charge >= 0.3 is 0 Å². The molecule has 1 aromatic rings. The number of aryl methyl sites for hydroxylation is 1. The van der Waals surface area contributed by atoms with Crippen molar-refractivity contribution in [1.29, 1.82) is 0 Å². The summed E-state index contributed by atoms with van der Waals surface area (Å²) in [5.41, 5.74) is 1.83. The molecule has 1 saturated heterocycles. The van der Waals surface area contributed by atoms with Gasteiger partial charge in [0.05, 0.1) is 19.3 Å². The first kappa shape index (κ1) is 12.6. The summed E-state index contributed by atoms with van der Waals surface area (Å²) >= 11 is 3.42. The topological polar surface area (TPSA) is 29.5 Å². The van der Waals surface area contributed by atoms with Crippen LogP contribution in [0.15, 0.2) is 22.7 Å². The number of amides is 1. The summed E-state index contributed by atoms with van der Waals surface area (Å²) in [5.74, 6) is 0.0881. The molecule has 1 amide bonds. The molecule has 0 aromatic heterocycles. The van der Waals surface area contributed by atoms with Crippen molar-refractivity contribution in [2.45, 2.75) is 19.9 Å². The Kier molecular flexibility index (Phi) is 3.84. The molecule has 0 unspecified atom stereocenters. The van der Waals surface area contributed by atoms with Crippen molar-refractivity contribution in [1.82, 2.24) is 4.90 Å². The Labute approximate surface area is 110 Å². The minimum atomic E-state index is 0.0881. The second-order valence-electron chi connectivity index (χ2n) is 4.44. The molecule has 0 spiro atoms. The molecule has 4 heteroatoms. The number of hydrogen-bond acceptors (Lipinski definition) is 2. The molecule has 0 bridgehead atoms. The van der Waals surface area contributed by atoms with E-state index in [1.807, 2.05) is 36.9 Å². The highest BCUT2D eigenvalue weighted by molar-refractivity contribution is 9.10. The number of nitrogens with zero attached hydrogens (tertiary/aromatic N) is 1. The van der Waals surface area contributed by atoms with Gasteiger partial charge in [-0.1, -0.05) is 15.9 Å². The number of benzene rings is 1. The Balaban J connectivity index is 2.23. The van der Waals surface area contributed by atoms with Crippen LogP contribution in [0.2, 0.25) is 0 Å². The number of carbonyl (C=O) groups excluding carboxylic acids is 1. The first-order valence-electron chi connectivity index (χ1n) is 5.74. The second kappa shape index (κ2) is 5.19. The van der Waals surface area contributed by atoms with Gasteiger partial charge in [-0.05, 0) is 37.6 Å². The average Bonchev–Trinajstić information content (AvgIpc) is 2.27. The zero-order valence-electron chi connectivity index (χ0n) is 10.1. The summed E-state index contributed by atoms with van der Waals surface area (Å²) in [4.78, 5) is 14.2. The quantitative estimate of drug-likeness (QED) is 0.797. The summed E-state index contributed by atoms with van der Waals surface area (Å²) in [7, 11) is 0. The molecule has 92 valence electrons.